The zero-order chi connectivity index (χ0) is 16.4. The fourth-order valence-electron chi connectivity index (χ4n) is 3.48. The Kier molecular flexibility index (Phi) is 4.87. The van der Waals surface area contributed by atoms with Crippen LogP contribution in [0, 0.1) is 5.92 Å². The van der Waals surface area contributed by atoms with E-state index in [1.165, 1.54) is 4.90 Å². The molecule has 23 heavy (non-hydrogen) atoms. The monoisotopic (exact) mass is 352 g/mol. The Morgan fingerprint density at radius 3 is 2.74 bits per heavy atom. The minimum absolute atomic E-state index is 0.0357. The first kappa shape index (κ1) is 16.7. The van der Waals surface area contributed by atoms with Crippen LogP contribution in [0.3, 0.4) is 0 Å². The third kappa shape index (κ3) is 3.22. The third-order valence-corrected chi connectivity index (χ3v) is 6.14. The Bertz CT molecular complexity index is 607. The Hall–Kier alpha value is -1.20. The maximum absolute atomic E-state index is 12.8. The Balaban J connectivity index is 1.61. The van der Waals surface area contributed by atoms with Crippen LogP contribution >= 0.6 is 23.4 Å². The number of carbonyl (C=O) groups excluding carboxylic acids is 2. The van der Waals surface area contributed by atoms with Crippen LogP contribution in [0.25, 0.3) is 0 Å². The van der Waals surface area contributed by atoms with Crippen LogP contribution in [0.4, 0.5) is 4.79 Å². The third-order valence-electron chi connectivity index (χ3n) is 4.90. The maximum Gasteiger partial charge on any atom is 0.325 e. The topological polar surface area (TPSA) is 49.4 Å². The van der Waals surface area contributed by atoms with Crippen LogP contribution in [0.15, 0.2) is 29.2 Å². The summed E-state index contributed by atoms with van der Waals surface area (Å²) in [5.74, 6) is 0.860. The summed E-state index contributed by atoms with van der Waals surface area (Å²) in [5.41, 5.74) is -0.653. The fraction of sp³-hybridized carbons (Fsp3) is 0.529. The molecule has 2 fully saturated rings. The van der Waals surface area contributed by atoms with Crippen molar-refractivity contribution in [3.8, 4) is 0 Å². The lowest BCUT2D eigenvalue weighted by Gasteiger charge is -2.36. The molecule has 3 rings (SSSR count). The number of nitrogens with one attached hydrogen (secondary N) is 1. The molecule has 2 aliphatic rings. The van der Waals surface area contributed by atoms with Crippen LogP contribution in [0.1, 0.15) is 32.6 Å². The lowest BCUT2D eigenvalue weighted by Crippen LogP contribution is -2.54. The highest BCUT2D eigenvalue weighted by Crippen LogP contribution is 2.38. The molecule has 1 aliphatic carbocycles. The molecule has 4 nitrogen and oxygen atoms in total. The lowest BCUT2D eigenvalue weighted by atomic mass is 9.73. The van der Waals surface area contributed by atoms with Gasteiger partial charge in [0.2, 0.25) is 0 Å². The number of urea groups is 1. The van der Waals surface area contributed by atoms with Crippen LogP contribution in [0.5, 0.6) is 0 Å². The first-order chi connectivity index (χ1) is 11.0. The van der Waals surface area contributed by atoms with Crippen molar-refractivity contribution in [1.82, 2.24) is 10.2 Å². The highest BCUT2D eigenvalue weighted by atomic mass is 35.5. The van der Waals surface area contributed by atoms with E-state index >= 15 is 0 Å². The van der Waals surface area contributed by atoms with Gasteiger partial charge >= 0.3 is 6.03 Å². The standard InChI is InChI=1S/C17H21ClN2O2S/c1-12-4-2-3-9-17(12)15(21)20(16(22)19-17)10-11-23-14-7-5-13(18)6-8-14/h5-8,12H,2-4,9-11H2,1H3,(H,19,22)/t12-,17+/m0/s1. The molecule has 1 N–H and O–H groups in total. The second-order valence-electron chi connectivity index (χ2n) is 6.31. The first-order valence-electron chi connectivity index (χ1n) is 8.05. The second kappa shape index (κ2) is 6.73. The van der Waals surface area contributed by atoms with Crippen molar-refractivity contribution in [1.29, 1.82) is 0 Å². The van der Waals surface area contributed by atoms with Crippen molar-refractivity contribution in [2.75, 3.05) is 12.3 Å². The molecule has 1 saturated heterocycles. The molecule has 1 heterocycles. The number of rotatable bonds is 4. The zero-order valence-corrected chi connectivity index (χ0v) is 14.8. The summed E-state index contributed by atoms with van der Waals surface area (Å²) in [6.07, 6.45) is 3.90. The number of hydrogen-bond acceptors (Lipinski definition) is 3. The quantitative estimate of drug-likeness (QED) is 0.659. The molecule has 6 heteroatoms. The van der Waals surface area contributed by atoms with E-state index in [1.54, 1.807) is 11.8 Å². The minimum Gasteiger partial charge on any atom is -0.323 e. The number of imide groups is 1. The number of amides is 3. The van der Waals surface area contributed by atoms with Gasteiger partial charge in [-0.3, -0.25) is 9.69 Å². The van der Waals surface area contributed by atoms with Crippen molar-refractivity contribution in [3.05, 3.63) is 29.3 Å². The molecule has 124 valence electrons. The van der Waals surface area contributed by atoms with E-state index in [4.69, 9.17) is 11.6 Å². The highest BCUT2D eigenvalue weighted by Gasteiger charge is 2.54. The number of nitrogens with zero attached hydrogens (tertiary/aromatic N) is 1. The summed E-state index contributed by atoms with van der Waals surface area (Å²) in [5, 5.41) is 3.69. The van der Waals surface area contributed by atoms with E-state index in [1.807, 2.05) is 24.3 Å². The average molecular weight is 353 g/mol. The summed E-state index contributed by atoms with van der Waals surface area (Å²) in [6, 6.07) is 7.35. The van der Waals surface area contributed by atoms with Gasteiger partial charge in [0.15, 0.2) is 0 Å². The smallest absolute Gasteiger partial charge is 0.323 e. The lowest BCUT2D eigenvalue weighted by molar-refractivity contribution is -0.134. The maximum atomic E-state index is 12.8. The Labute approximate surface area is 145 Å². The number of thioether (sulfide) groups is 1. The van der Waals surface area contributed by atoms with Crippen molar-refractivity contribution < 1.29 is 9.59 Å². The van der Waals surface area contributed by atoms with Gasteiger partial charge in [-0.1, -0.05) is 31.4 Å². The number of hydrogen-bond donors (Lipinski definition) is 1. The highest BCUT2D eigenvalue weighted by molar-refractivity contribution is 7.99. The minimum atomic E-state index is -0.653. The van der Waals surface area contributed by atoms with Gasteiger partial charge in [-0.05, 0) is 43.0 Å². The molecule has 3 amide bonds. The Morgan fingerprint density at radius 2 is 2.04 bits per heavy atom. The molecule has 2 atom stereocenters. The van der Waals surface area contributed by atoms with Crippen molar-refractivity contribution >= 4 is 35.3 Å². The first-order valence-corrected chi connectivity index (χ1v) is 9.42. The zero-order valence-electron chi connectivity index (χ0n) is 13.2. The Morgan fingerprint density at radius 1 is 1.30 bits per heavy atom. The molecule has 0 bridgehead atoms. The molecule has 1 aromatic rings. The van der Waals surface area contributed by atoms with Gasteiger partial charge in [0.1, 0.15) is 5.54 Å². The van der Waals surface area contributed by atoms with E-state index in [0.717, 1.165) is 30.6 Å². The van der Waals surface area contributed by atoms with E-state index in [9.17, 15) is 9.59 Å². The predicted octanol–water partition coefficient (Wildman–Crippen LogP) is 3.93. The van der Waals surface area contributed by atoms with E-state index < -0.39 is 5.54 Å². The van der Waals surface area contributed by atoms with Gasteiger partial charge in [0.25, 0.3) is 5.91 Å². The fourth-order valence-corrected chi connectivity index (χ4v) is 4.45. The molecule has 1 saturated carbocycles. The van der Waals surface area contributed by atoms with Crippen LogP contribution in [-0.2, 0) is 4.79 Å². The van der Waals surface area contributed by atoms with Gasteiger partial charge in [-0.25, -0.2) is 4.79 Å². The van der Waals surface area contributed by atoms with E-state index in [0.29, 0.717) is 17.3 Å². The largest absolute Gasteiger partial charge is 0.325 e. The van der Waals surface area contributed by atoms with Gasteiger partial charge in [-0.2, -0.15) is 0 Å². The van der Waals surface area contributed by atoms with Gasteiger partial charge < -0.3 is 5.32 Å². The van der Waals surface area contributed by atoms with Crippen molar-refractivity contribution in [3.63, 3.8) is 0 Å². The van der Waals surface area contributed by atoms with Gasteiger partial charge in [0, 0.05) is 22.2 Å². The molecule has 0 aromatic heterocycles. The normalized spacial score (nSPS) is 27.6. The summed E-state index contributed by atoms with van der Waals surface area (Å²) in [4.78, 5) is 27.5. The van der Waals surface area contributed by atoms with E-state index in [2.05, 4.69) is 12.2 Å². The summed E-state index contributed by atoms with van der Waals surface area (Å²) >= 11 is 7.49. The summed E-state index contributed by atoms with van der Waals surface area (Å²) in [6.45, 7) is 2.51. The van der Waals surface area contributed by atoms with Crippen LogP contribution in [-0.4, -0.2) is 34.7 Å². The van der Waals surface area contributed by atoms with Crippen molar-refractivity contribution in [2.45, 2.75) is 43.0 Å². The molecule has 1 aliphatic heterocycles. The molecule has 1 aromatic carbocycles. The number of halogens is 1. The number of carbonyl (C=O) groups is 2. The predicted molar refractivity (Wildman–Crippen MR) is 92.8 cm³/mol. The molecular formula is C17H21ClN2O2S. The molecule has 0 radical (unpaired) electrons. The van der Waals surface area contributed by atoms with E-state index in [-0.39, 0.29) is 17.9 Å². The number of benzene rings is 1. The molecular weight excluding hydrogens is 332 g/mol. The summed E-state index contributed by atoms with van der Waals surface area (Å²) in [7, 11) is 0. The van der Waals surface area contributed by atoms with Crippen LogP contribution in [0.2, 0.25) is 5.02 Å². The van der Waals surface area contributed by atoms with Gasteiger partial charge in [-0.15, -0.1) is 11.8 Å². The molecule has 0 unspecified atom stereocenters. The molecule has 1 spiro atoms. The SMILES string of the molecule is C[C@H]1CCCC[C@@]12NC(=O)N(CCSc1ccc(Cl)cc1)C2=O. The van der Waals surface area contributed by atoms with Gasteiger partial charge in [0.05, 0.1) is 0 Å². The van der Waals surface area contributed by atoms with Crippen molar-refractivity contribution in [2.24, 2.45) is 5.92 Å². The van der Waals surface area contributed by atoms with Crippen LogP contribution < -0.4 is 5.32 Å². The summed E-state index contributed by atoms with van der Waals surface area (Å²) < 4.78 is 0. The average Bonchev–Trinajstić information content (AvgIpc) is 2.77. The second-order valence-corrected chi connectivity index (χ2v) is 7.91.